The Morgan fingerprint density at radius 2 is 1.86 bits per heavy atom. The average Bonchev–Trinajstić information content (AvgIpc) is 3.20. The van der Waals surface area contributed by atoms with Crippen molar-refractivity contribution in [3.8, 4) is 17.0 Å². The number of hydrogen-bond donors (Lipinski definition) is 1. The van der Waals surface area contributed by atoms with Gasteiger partial charge >= 0.3 is 5.97 Å². The summed E-state index contributed by atoms with van der Waals surface area (Å²) in [7, 11) is 1.64. The van der Waals surface area contributed by atoms with Crippen molar-refractivity contribution >= 4 is 23.2 Å². The van der Waals surface area contributed by atoms with Crippen molar-refractivity contribution in [1.29, 1.82) is 0 Å². The van der Waals surface area contributed by atoms with E-state index in [9.17, 15) is 4.79 Å². The second-order valence-electron chi connectivity index (χ2n) is 6.10. The fourth-order valence-corrected chi connectivity index (χ4v) is 3.62. The number of rotatable bonds is 6. The Balaban J connectivity index is 1.61. The Hall–Kier alpha value is -3.32. The third-order valence-corrected chi connectivity index (χ3v) is 5.21. The molecule has 1 N–H and O–H groups in total. The molecule has 0 aliphatic rings. The highest BCUT2D eigenvalue weighted by Crippen LogP contribution is 2.28. The minimum Gasteiger partial charge on any atom is -0.497 e. The standard InChI is InChI=1S/C21H17N3O3S/c1-27-17-10-8-15(9-11-17)19-18-3-2-12-24(18)23-21(22-19)28-13-14-4-6-16(7-5-14)20(25)26/h2-12H,13H2,1H3,(H,25,26). The molecule has 0 aliphatic carbocycles. The minimum atomic E-state index is -0.926. The summed E-state index contributed by atoms with van der Waals surface area (Å²) in [4.78, 5) is 15.7. The summed E-state index contributed by atoms with van der Waals surface area (Å²) in [5.41, 5.74) is 4.06. The fourth-order valence-electron chi connectivity index (χ4n) is 2.83. The predicted octanol–water partition coefficient (Wildman–Crippen LogP) is 4.40. The quantitative estimate of drug-likeness (QED) is 0.491. The average molecular weight is 391 g/mol. The van der Waals surface area contributed by atoms with Crippen molar-refractivity contribution in [2.75, 3.05) is 7.11 Å². The molecule has 2 aromatic carbocycles. The zero-order chi connectivity index (χ0) is 19.5. The van der Waals surface area contributed by atoms with Gasteiger partial charge in [0, 0.05) is 17.5 Å². The number of thioether (sulfide) groups is 1. The molecule has 4 rings (SSSR count). The lowest BCUT2D eigenvalue weighted by atomic mass is 10.1. The molecule has 6 nitrogen and oxygen atoms in total. The number of nitrogens with zero attached hydrogens (tertiary/aromatic N) is 3. The van der Waals surface area contributed by atoms with Crippen LogP contribution in [0.4, 0.5) is 0 Å². The van der Waals surface area contributed by atoms with E-state index in [1.54, 1.807) is 19.2 Å². The maximum atomic E-state index is 11.0. The van der Waals surface area contributed by atoms with Gasteiger partial charge in [-0.1, -0.05) is 23.9 Å². The number of fused-ring (bicyclic) bond motifs is 1. The van der Waals surface area contributed by atoms with Gasteiger partial charge < -0.3 is 9.84 Å². The molecule has 0 bridgehead atoms. The summed E-state index contributed by atoms with van der Waals surface area (Å²) in [5.74, 6) is 0.516. The molecule has 0 fully saturated rings. The van der Waals surface area contributed by atoms with Crippen LogP contribution < -0.4 is 4.74 Å². The van der Waals surface area contributed by atoms with Gasteiger partial charge in [-0.3, -0.25) is 0 Å². The first-order chi connectivity index (χ1) is 13.6. The lowest BCUT2D eigenvalue weighted by Crippen LogP contribution is -2.00. The first-order valence-electron chi connectivity index (χ1n) is 8.59. The molecule has 7 heteroatoms. The molecule has 2 heterocycles. The Bertz CT molecular complexity index is 1120. The molecule has 0 unspecified atom stereocenters. The van der Waals surface area contributed by atoms with Gasteiger partial charge in [-0.25, -0.2) is 14.3 Å². The maximum absolute atomic E-state index is 11.0. The van der Waals surface area contributed by atoms with Crippen LogP contribution in [0.2, 0.25) is 0 Å². The molecule has 140 valence electrons. The first kappa shape index (κ1) is 18.1. The summed E-state index contributed by atoms with van der Waals surface area (Å²) >= 11 is 1.51. The highest BCUT2D eigenvalue weighted by atomic mass is 32.2. The number of methoxy groups -OCH3 is 1. The molecule has 0 atom stereocenters. The number of aromatic nitrogens is 3. The Morgan fingerprint density at radius 1 is 1.11 bits per heavy atom. The molecule has 28 heavy (non-hydrogen) atoms. The normalized spacial score (nSPS) is 10.9. The van der Waals surface area contributed by atoms with Crippen LogP contribution in [-0.4, -0.2) is 32.8 Å². The molecule has 0 radical (unpaired) electrons. The zero-order valence-electron chi connectivity index (χ0n) is 15.1. The van der Waals surface area contributed by atoms with Gasteiger partial charge in [0.05, 0.1) is 23.9 Å². The molecule has 0 amide bonds. The number of aromatic carboxylic acids is 1. The third kappa shape index (κ3) is 3.70. The van der Waals surface area contributed by atoms with E-state index in [-0.39, 0.29) is 5.56 Å². The Labute approximate surface area is 165 Å². The smallest absolute Gasteiger partial charge is 0.335 e. The Morgan fingerprint density at radius 3 is 2.54 bits per heavy atom. The topological polar surface area (TPSA) is 76.7 Å². The van der Waals surface area contributed by atoms with Crippen LogP contribution in [0.25, 0.3) is 16.8 Å². The molecular weight excluding hydrogens is 374 g/mol. The number of carboxylic acid groups (broad SMARTS) is 1. The lowest BCUT2D eigenvalue weighted by Gasteiger charge is -2.08. The summed E-state index contributed by atoms with van der Waals surface area (Å²) < 4.78 is 7.06. The van der Waals surface area contributed by atoms with E-state index in [4.69, 9.17) is 14.8 Å². The largest absolute Gasteiger partial charge is 0.497 e. The number of carboxylic acids is 1. The fraction of sp³-hybridized carbons (Fsp3) is 0.0952. The molecular formula is C21H17N3O3S. The van der Waals surface area contributed by atoms with E-state index in [2.05, 4.69) is 5.10 Å². The van der Waals surface area contributed by atoms with Crippen LogP contribution in [0.1, 0.15) is 15.9 Å². The van der Waals surface area contributed by atoms with E-state index in [1.807, 2.05) is 59.2 Å². The lowest BCUT2D eigenvalue weighted by molar-refractivity contribution is 0.0697. The van der Waals surface area contributed by atoms with Crippen LogP contribution in [0.3, 0.4) is 0 Å². The molecule has 2 aromatic heterocycles. The van der Waals surface area contributed by atoms with Gasteiger partial charge in [-0.15, -0.1) is 5.10 Å². The summed E-state index contributed by atoms with van der Waals surface area (Å²) in [6.45, 7) is 0. The van der Waals surface area contributed by atoms with Gasteiger partial charge in [-0.05, 0) is 54.1 Å². The number of benzene rings is 2. The van der Waals surface area contributed by atoms with Crippen LogP contribution in [0, 0.1) is 0 Å². The van der Waals surface area contributed by atoms with Gasteiger partial charge in [0.15, 0.2) is 0 Å². The SMILES string of the molecule is COc1ccc(-c2nc(SCc3ccc(C(=O)O)cc3)nn3cccc23)cc1. The molecule has 4 aromatic rings. The van der Waals surface area contributed by atoms with Gasteiger partial charge in [-0.2, -0.15) is 0 Å². The third-order valence-electron chi connectivity index (χ3n) is 4.30. The van der Waals surface area contributed by atoms with Gasteiger partial charge in [0.2, 0.25) is 5.16 Å². The van der Waals surface area contributed by atoms with Crippen molar-refractivity contribution < 1.29 is 14.6 Å². The van der Waals surface area contributed by atoms with Crippen LogP contribution >= 0.6 is 11.8 Å². The van der Waals surface area contributed by atoms with Crippen molar-refractivity contribution in [2.24, 2.45) is 0 Å². The van der Waals surface area contributed by atoms with Crippen molar-refractivity contribution in [2.45, 2.75) is 10.9 Å². The van der Waals surface area contributed by atoms with E-state index in [0.717, 1.165) is 28.1 Å². The molecule has 0 saturated heterocycles. The summed E-state index contributed by atoms with van der Waals surface area (Å²) in [5, 5.41) is 14.2. The van der Waals surface area contributed by atoms with Crippen molar-refractivity contribution in [3.05, 3.63) is 78.0 Å². The van der Waals surface area contributed by atoms with Crippen LogP contribution in [0.15, 0.2) is 72.0 Å². The highest BCUT2D eigenvalue weighted by Gasteiger charge is 2.11. The van der Waals surface area contributed by atoms with E-state index < -0.39 is 5.97 Å². The van der Waals surface area contributed by atoms with Crippen LogP contribution in [-0.2, 0) is 5.75 Å². The molecule has 0 aliphatic heterocycles. The van der Waals surface area contributed by atoms with Gasteiger partial charge in [0.25, 0.3) is 0 Å². The van der Waals surface area contributed by atoms with Gasteiger partial charge in [0.1, 0.15) is 5.75 Å². The second-order valence-corrected chi connectivity index (χ2v) is 7.04. The van der Waals surface area contributed by atoms with Crippen molar-refractivity contribution in [1.82, 2.24) is 14.6 Å². The maximum Gasteiger partial charge on any atom is 0.335 e. The molecule has 0 saturated carbocycles. The zero-order valence-corrected chi connectivity index (χ0v) is 15.9. The van der Waals surface area contributed by atoms with E-state index in [0.29, 0.717) is 10.9 Å². The van der Waals surface area contributed by atoms with Crippen LogP contribution in [0.5, 0.6) is 5.75 Å². The minimum absolute atomic E-state index is 0.278. The second kappa shape index (κ2) is 7.74. The first-order valence-corrected chi connectivity index (χ1v) is 9.57. The highest BCUT2D eigenvalue weighted by molar-refractivity contribution is 7.98. The summed E-state index contributed by atoms with van der Waals surface area (Å²) in [6, 6.07) is 18.6. The van der Waals surface area contributed by atoms with Crippen molar-refractivity contribution in [3.63, 3.8) is 0 Å². The monoisotopic (exact) mass is 391 g/mol. The predicted molar refractivity (Wildman–Crippen MR) is 108 cm³/mol. The molecule has 0 spiro atoms. The van der Waals surface area contributed by atoms with E-state index >= 15 is 0 Å². The number of ether oxygens (including phenoxy) is 1. The Kier molecular flexibility index (Phi) is 4.99. The number of hydrogen-bond acceptors (Lipinski definition) is 5. The summed E-state index contributed by atoms with van der Waals surface area (Å²) in [6.07, 6.45) is 1.90. The van der Waals surface area contributed by atoms with E-state index in [1.165, 1.54) is 11.8 Å². The number of carbonyl (C=O) groups is 1.